The number of nitrogens with zero attached hydrogens (tertiary/aromatic N) is 2. The highest BCUT2D eigenvalue weighted by molar-refractivity contribution is 9.10. The van der Waals surface area contributed by atoms with Crippen molar-refractivity contribution in [3.63, 3.8) is 0 Å². The summed E-state index contributed by atoms with van der Waals surface area (Å²) in [6.07, 6.45) is -0.323. The first kappa shape index (κ1) is 12.4. The molecule has 0 radical (unpaired) electrons. The van der Waals surface area contributed by atoms with Crippen LogP contribution in [0.25, 0.3) is 0 Å². The number of rotatable bonds is 1. The van der Waals surface area contributed by atoms with Crippen LogP contribution in [0.4, 0.5) is 0 Å². The lowest BCUT2D eigenvalue weighted by atomic mass is 9.97. The molecule has 4 nitrogen and oxygen atoms in total. The van der Waals surface area contributed by atoms with E-state index in [-0.39, 0.29) is 16.7 Å². The summed E-state index contributed by atoms with van der Waals surface area (Å²) < 4.78 is 7.61. The number of ketones is 1. The maximum absolute atomic E-state index is 12.5. The van der Waals surface area contributed by atoms with E-state index in [9.17, 15) is 4.79 Å². The molecule has 1 aliphatic heterocycles. The molecule has 0 bridgehead atoms. The van der Waals surface area contributed by atoms with Gasteiger partial charge in [0.25, 0.3) is 0 Å². The monoisotopic (exact) mass is 320 g/mol. The molecule has 3 rings (SSSR count). The van der Waals surface area contributed by atoms with Gasteiger partial charge < -0.3 is 4.74 Å². The Morgan fingerprint density at radius 3 is 2.68 bits per heavy atom. The Morgan fingerprint density at radius 1 is 1.32 bits per heavy atom. The van der Waals surface area contributed by atoms with Crippen molar-refractivity contribution in [3.05, 3.63) is 47.2 Å². The molecule has 98 valence electrons. The Labute approximate surface area is 119 Å². The number of benzene rings is 1. The number of fused-ring (bicyclic) bond motifs is 1. The van der Waals surface area contributed by atoms with Gasteiger partial charge in [0.05, 0.1) is 5.69 Å². The second-order valence-electron chi connectivity index (χ2n) is 4.60. The Hall–Kier alpha value is -1.62. The number of aryl methyl sites for hydroxylation is 2. The molecule has 2 aromatic rings. The van der Waals surface area contributed by atoms with Crippen LogP contribution in [0.1, 0.15) is 27.7 Å². The molecule has 0 unspecified atom stereocenters. The van der Waals surface area contributed by atoms with E-state index in [0.717, 1.165) is 5.56 Å². The Balaban J connectivity index is 2.08. The quantitative estimate of drug-likeness (QED) is 0.759. The number of Topliss-reactive ketones (excluding diaryl/α,β-unsaturated/α-hetero) is 1. The molecule has 1 aliphatic rings. The van der Waals surface area contributed by atoms with Crippen LogP contribution in [0.5, 0.6) is 5.88 Å². The highest BCUT2D eigenvalue weighted by Crippen LogP contribution is 2.39. The summed E-state index contributed by atoms with van der Waals surface area (Å²) in [6, 6.07) is 9.73. The zero-order chi connectivity index (χ0) is 13.6. The standard InChI is InChI=1S/C14H13BrN2O2/c1-8-10-12(18)11(15)13(9-6-4-3-5-7-9)19-14(10)17(2)16-8/h3-7,11,13H,1-2H3/t11-,13+/m0/s1. The molecule has 0 aliphatic carbocycles. The van der Waals surface area contributed by atoms with Crippen molar-refractivity contribution in [3.8, 4) is 5.88 Å². The minimum Gasteiger partial charge on any atom is -0.467 e. The zero-order valence-electron chi connectivity index (χ0n) is 10.6. The van der Waals surface area contributed by atoms with Crippen LogP contribution in [0.3, 0.4) is 0 Å². The van der Waals surface area contributed by atoms with E-state index in [0.29, 0.717) is 17.1 Å². The van der Waals surface area contributed by atoms with Crippen molar-refractivity contribution >= 4 is 21.7 Å². The van der Waals surface area contributed by atoms with Gasteiger partial charge in [-0.05, 0) is 12.5 Å². The lowest BCUT2D eigenvalue weighted by Crippen LogP contribution is -2.32. The van der Waals surface area contributed by atoms with E-state index in [1.165, 1.54) is 0 Å². The molecule has 2 heterocycles. The average molecular weight is 321 g/mol. The zero-order valence-corrected chi connectivity index (χ0v) is 12.2. The van der Waals surface area contributed by atoms with E-state index in [1.807, 2.05) is 37.3 Å². The van der Waals surface area contributed by atoms with Crippen molar-refractivity contribution in [1.29, 1.82) is 0 Å². The summed E-state index contributed by atoms with van der Waals surface area (Å²) in [5, 5.41) is 4.26. The Kier molecular flexibility index (Phi) is 2.93. The third kappa shape index (κ3) is 1.89. The van der Waals surface area contributed by atoms with Crippen molar-refractivity contribution < 1.29 is 9.53 Å². The Bertz CT molecular complexity index is 636. The highest BCUT2D eigenvalue weighted by atomic mass is 79.9. The van der Waals surface area contributed by atoms with E-state index in [2.05, 4.69) is 21.0 Å². The molecule has 0 spiro atoms. The summed E-state index contributed by atoms with van der Waals surface area (Å²) in [4.78, 5) is 12.1. The summed E-state index contributed by atoms with van der Waals surface area (Å²) in [7, 11) is 1.79. The first-order valence-electron chi connectivity index (χ1n) is 6.03. The fraction of sp³-hybridized carbons (Fsp3) is 0.286. The fourth-order valence-electron chi connectivity index (χ4n) is 2.39. The number of alkyl halides is 1. The van der Waals surface area contributed by atoms with Gasteiger partial charge in [0.1, 0.15) is 16.5 Å². The van der Waals surface area contributed by atoms with Gasteiger partial charge in [0, 0.05) is 7.05 Å². The molecule has 0 saturated carbocycles. The lowest BCUT2D eigenvalue weighted by molar-refractivity contribution is 0.0857. The topological polar surface area (TPSA) is 44.1 Å². The molecule has 1 aromatic heterocycles. The second-order valence-corrected chi connectivity index (χ2v) is 5.59. The van der Waals surface area contributed by atoms with Gasteiger partial charge in [-0.1, -0.05) is 46.3 Å². The minimum atomic E-state index is -0.384. The first-order chi connectivity index (χ1) is 9.09. The number of halogens is 1. The number of ether oxygens (including phenoxy) is 1. The molecular formula is C14H13BrN2O2. The molecular weight excluding hydrogens is 308 g/mol. The molecule has 0 amide bonds. The van der Waals surface area contributed by atoms with Crippen LogP contribution in [0, 0.1) is 6.92 Å². The van der Waals surface area contributed by atoms with Crippen LogP contribution in [-0.4, -0.2) is 20.4 Å². The second kappa shape index (κ2) is 4.49. The summed E-state index contributed by atoms with van der Waals surface area (Å²) >= 11 is 3.46. The van der Waals surface area contributed by atoms with E-state index in [4.69, 9.17) is 4.74 Å². The molecule has 0 N–H and O–H groups in total. The van der Waals surface area contributed by atoms with Crippen LogP contribution < -0.4 is 4.74 Å². The van der Waals surface area contributed by atoms with Gasteiger partial charge in [-0.2, -0.15) is 5.10 Å². The van der Waals surface area contributed by atoms with Crippen molar-refractivity contribution in [2.45, 2.75) is 17.9 Å². The van der Waals surface area contributed by atoms with Crippen LogP contribution in [-0.2, 0) is 7.05 Å². The van der Waals surface area contributed by atoms with Crippen LogP contribution in [0.2, 0.25) is 0 Å². The normalized spacial score (nSPS) is 21.9. The summed E-state index contributed by atoms with van der Waals surface area (Å²) in [6.45, 7) is 1.82. The van der Waals surface area contributed by atoms with E-state index in [1.54, 1.807) is 11.7 Å². The molecule has 0 saturated heterocycles. The van der Waals surface area contributed by atoms with Crippen molar-refractivity contribution in [1.82, 2.24) is 9.78 Å². The summed E-state index contributed by atoms with van der Waals surface area (Å²) in [5.74, 6) is 0.577. The van der Waals surface area contributed by atoms with Gasteiger partial charge in [0.15, 0.2) is 5.78 Å². The fourth-order valence-corrected chi connectivity index (χ4v) is 3.03. The SMILES string of the molecule is Cc1nn(C)c2c1C(=O)[C@H](Br)[C@@H](c1ccccc1)O2. The highest BCUT2D eigenvalue weighted by Gasteiger charge is 2.39. The van der Waals surface area contributed by atoms with E-state index < -0.39 is 0 Å². The van der Waals surface area contributed by atoms with Crippen LogP contribution >= 0.6 is 15.9 Å². The predicted octanol–water partition coefficient (Wildman–Crippen LogP) is 2.81. The molecule has 19 heavy (non-hydrogen) atoms. The number of carbonyl (C=O) groups excluding carboxylic acids is 1. The largest absolute Gasteiger partial charge is 0.467 e. The van der Waals surface area contributed by atoms with Gasteiger partial charge in [-0.25, -0.2) is 4.68 Å². The molecule has 0 fully saturated rings. The third-order valence-electron chi connectivity index (χ3n) is 3.30. The number of carbonyl (C=O) groups is 1. The maximum atomic E-state index is 12.5. The lowest BCUT2D eigenvalue weighted by Gasteiger charge is -2.28. The van der Waals surface area contributed by atoms with Gasteiger partial charge in [-0.15, -0.1) is 0 Å². The Morgan fingerprint density at radius 2 is 2.00 bits per heavy atom. The van der Waals surface area contributed by atoms with Gasteiger partial charge in [-0.3, -0.25) is 4.79 Å². The minimum absolute atomic E-state index is 0.0284. The molecule has 1 aromatic carbocycles. The first-order valence-corrected chi connectivity index (χ1v) is 6.94. The van der Waals surface area contributed by atoms with Crippen molar-refractivity contribution in [2.75, 3.05) is 0 Å². The van der Waals surface area contributed by atoms with Gasteiger partial charge in [0.2, 0.25) is 5.88 Å². The third-order valence-corrected chi connectivity index (χ3v) is 4.19. The maximum Gasteiger partial charge on any atom is 0.223 e. The van der Waals surface area contributed by atoms with Crippen LogP contribution in [0.15, 0.2) is 30.3 Å². The average Bonchev–Trinajstić information content (AvgIpc) is 2.70. The predicted molar refractivity (Wildman–Crippen MR) is 74.8 cm³/mol. The summed E-state index contributed by atoms with van der Waals surface area (Å²) in [5.41, 5.74) is 2.26. The van der Waals surface area contributed by atoms with Crippen molar-refractivity contribution in [2.24, 2.45) is 7.05 Å². The number of aromatic nitrogens is 2. The molecule has 5 heteroatoms. The number of hydrogen-bond acceptors (Lipinski definition) is 3. The number of hydrogen-bond donors (Lipinski definition) is 0. The van der Waals surface area contributed by atoms with E-state index >= 15 is 0 Å². The molecule has 2 atom stereocenters. The van der Waals surface area contributed by atoms with Gasteiger partial charge >= 0.3 is 0 Å². The smallest absolute Gasteiger partial charge is 0.223 e.